The summed E-state index contributed by atoms with van der Waals surface area (Å²) in [6.45, 7) is 5.21. The van der Waals surface area contributed by atoms with Crippen LogP contribution < -0.4 is 5.32 Å². The number of hydrogen-bond donors (Lipinski definition) is 2. The van der Waals surface area contributed by atoms with Gasteiger partial charge in [-0.05, 0) is 26.1 Å². The van der Waals surface area contributed by atoms with Gasteiger partial charge >= 0.3 is 0 Å². The first kappa shape index (κ1) is 13.2. The van der Waals surface area contributed by atoms with Crippen molar-refractivity contribution in [2.75, 3.05) is 26.7 Å². The minimum absolute atomic E-state index is 0.316. The molecule has 4 nitrogen and oxygen atoms in total. The van der Waals surface area contributed by atoms with E-state index in [0.717, 1.165) is 25.1 Å². The highest BCUT2D eigenvalue weighted by molar-refractivity contribution is 5.04. The lowest BCUT2D eigenvalue weighted by Crippen LogP contribution is -2.36. The first-order chi connectivity index (χ1) is 7.72. The van der Waals surface area contributed by atoms with Crippen LogP contribution in [-0.2, 0) is 6.54 Å². The molecule has 0 amide bonds. The highest BCUT2D eigenvalue weighted by atomic mass is 16.3. The first-order valence-corrected chi connectivity index (χ1v) is 5.80. The van der Waals surface area contributed by atoms with Gasteiger partial charge in [0.25, 0.3) is 0 Å². The number of furan rings is 1. The fourth-order valence-electron chi connectivity index (χ4n) is 1.63. The van der Waals surface area contributed by atoms with Crippen LogP contribution in [0.1, 0.15) is 18.9 Å². The van der Waals surface area contributed by atoms with Crippen molar-refractivity contribution in [3.8, 4) is 0 Å². The Balaban J connectivity index is 2.15. The van der Waals surface area contributed by atoms with Crippen LogP contribution in [0.4, 0.5) is 0 Å². The zero-order chi connectivity index (χ0) is 11.8. The number of likely N-dealkylation sites (N-methyl/N-ethyl adjacent to an activating group) is 1. The molecule has 4 heteroatoms. The molecule has 1 aromatic rings. The molecule has 0 aliphatic rings. The van der Waals surface area contributed by atoms with Gasteiger partial charge < -0.3 is 14.8 Å². The van der Waals surface area contributed by atoms with Gasteiger partial charge in [-0.1, -0.05) is 6.92 Å². The molecule has 0 aliphatic carbocycles. The van der Waals surface area contributed by atoms with Gasteiger partial charge in [0.2, 0.25) is 0 Å². The van der Waals surface area contributed by atoms with Gasteiger partial charge in [-0.15, -0.1) is 0 Å². The number of hydrogen-bond acceptors (Lipinski definition) is 4. The van der Waals surface area contributed by atoms with Crippen LogP contribution in [0.2, 0.25) is 0 Å². The largest absolute Gasteiger partial charge is 0.472 e. The maximum Gasteiger partial charge on any atom is 0.0947 e. The maximum absolute atomic E-state index is 9.75. The van der Waals surface area contributed by atoms with Gasteiger partial charge in [0, 0.05) is 25.2 Å². The summed E-state index contributed by atoms with van der Waals surface area (Å²) in [5.41, 5.74) is 1.14. The second-order valence-electron chi connectivity index (χ2n) is 4.19. The molecule has 0 radical (unpaired) electrons. The van der Waals surface area contributed by atoms with Crippen molar-refractivity contribution in [2.45, 2.75) is 26.0 Å². The molecule has 92 valence electrons. The summed E-state index contributed by atoms with van der Waals surface area (Å²) in [6, 6.07) is 1.94. The van der Waals surface area contributed by atoms with E-state index in [1.807, 2.05) is 13.1 Å². The molecular formula is C12H22N2O2. The second kappa shape index (κ2) is 7.44. The van der Waals surface area contributed by atoms with E-state index < -0.39 is 0 Å². The molecule has 0 fully saturated rings. The fourth-order valence-corrected chi connectivity index (χ4v) is 1.63. The highest BCUT2D eigenvalue weighted by Crippen LogP contribution is 2.03. The molecular weight excluding hydrogens is 204 g/mol. The van der Waals surface area contributed by atoms with Crippen molar-refractivity contribution >= 4 is 0 Å². The lowest BCUT2D eigenvalue weighted by Gasteiger charge is -2.20. The summed E-state index contributed by atoms with van der Waals surface area (Å²) in [5.74, 6) is 0. The van der Waals surface area contributed by atoms with Gasteiger partial charge in [-0.3, -0.25) is 4.90 Å². The van der Waals surface area contributed by atoms with Gasteiger partial charge in [-0.2, -0.15) is 0 Å². The van der Waals surface area contributed by atoms with Crippen molar-refractivity contribution in [1.29, 1.82) is 0 Å². The SMILES string of the molecule is CCCNCC(O)CN(C)Cc1ccoc1. The molecule has 1 heterocycles. The van der Waals surface area contributed by atoms with E-state index in [-0.39, 0.29) is 6.10 Å². The van der Waals surface area contributed by atoms with Crippen LogP contribution in [0, 0.1) is 0 Å². The third-order valence-electron chi connectivity index (χ3n) is 2.36. The molecule has 2 N–H and O–H groups in total. The Morgan fingerprint density at radius 3 is 3.00 bits per heavy atom. The smallest absolute Gasteiger partial charge is 0.0947 e. The third-order valence-corrected chi connectivity index (χ3v) is 2.36. The van der Waals surface area contributed by atoms with Crippen molar-refractivity contribution in [1.82, 2.24) is 10.2 Å². The minimum Gasteiger partial charge on any atom is -0.472 e. The summed E-state index contributed by atoms with van der Waals surface area (Å²) in [7, 11) is 2.00. The number of nitrogens with one attached hydrogen (secondary N) is 1. The zero-order valence-electron chi connectivity index (χ0n) is 10.1. The van der Waals surface area contributed by atoms with Gasteiger partial charge in [0.15, 0.2) is 0 Å². The molecule has 0 aromatic carbocycles. The van der Waals surface area contributed by atoms with Gasteiger partial charge in [0.1, 0.15) is 0 Å². The molecule has 0 spiro atoms. The molecule has 1 unspecified atom stereocenters. The number of rotatable bonds is 8. The number of nitrogens with zero attached hydrogens (tertiary/aromatic N) is 1. The van der Waals surface area contributed by atoms with E-state index in [1.54, 1.807) is 12.5 Å². The Morgan fingerprint density at radius 1 is 1.56 bits per heavy atom. The quantitative estimate of drug-likeness (QED) is 0.651. The third kappa shape index (κ3) is 5.30. The van der Waals surface area contributed by atoms with Crippen molar-refractivity contribution in [3.05, 3.63) is 24.2 Å². The van der Waals surface area contributed by atoms with Crippen LogP contribution in [0.15, 0.2) is 23.0 Å². The van der Waals surface area contributed by atoms with Gasteiger partial charge in [0.05, 0.1) is 18.6 Å². The predicted molar refractivity (Wildman–Crippen MR) is 64.2 cm³/mol. The van der Waals surface area contributed by atoms with E-state index in [9.17, 15) is 5.11 Å². The normalized spacial score (nSPS) is 13.2. The van der Waals surface area contributed by atoms with E-state index in [1.165, 1.54) is 0 Å². The lowest BCUT2D eigenvalue weighted by molar-refractivity contribution is 0.121. The number of aliphatic hydroxyl groups is 1. The summed E-state index contributed by atoms with van der Waals surface area (Å²) in [4.78, 5) is 2.09. The van der Waals surface area contributed by atoms with Crippen LogP contribution in [-0.4, -0.2) is 42.8 Å². The predicted octanol–water partition coefficient (Wildman–Crippen LogP) is 1.07. The zero-order valence-corrected chi connectivity index (χ0v) is 10.1. The van der Waals surface area contributed by atoms with E-state index >= 15 is 0 Å². The Bertz CT molecular complexity index is 262. The molecule has 0 bridgehead atoms. The molecule has 1 atom stereocenters. The molecule has 0 saturated heterocycles. The molecule has 0 aliphatic heterocycles. The lowest BCUT2D eigenvalue weighted by atomic mass is 10.3. The van der Waals surface area contributed by atoms with Crippen LogP contribution in [0.25, 0.3) is 0 Å². The average Bonchev–Trinajstić information content (AvgIpc) is 2.70. The highest BCUT2D eigenvalue weighted by Gasteiger charge is 2.08. The van der Waals surface area contributed by atoms with Crippen LogP contribution in [0.3, 0.4) is 0 Å². The molecule has 1 aromatic heterocycles. The second-order valence-corrected chi connectivity index (χ2v) is 4.19. The van der Waals surface area contributed by atoms with Crippen molar-refractivity contribution < 1.29 is 9.52 Å². The summed E-state index contributed by atoms with van der Waals surface area (Å²) in [6.07, 6.45) is 4.18. The van der Waals surface area contributed by atoms with Crippen molar-refractivity contribution in [3.63, 3.8) is 0 Å². The Morgan fingerprint density at radius 2 is 2.38 bits per heavy atom. The molecule has 1 rings (SSSR count). The van der Waals surface area contributed by atoms with E-state index in [2.05, 4.69) is 17.1 Å². The Kier molecular flexibility index (Phi) is 6.15. The van der Waals surface area contributed by atoms with Crippen LogP contribution >= 0.6 is 0 Å². The van der Waals surface area contributed by atoms with Crippen molar-refractivity contribution in [2.24, 2.45) is 0 Å². The average molecular weight is 226 g/mol. The van der Waals surface area contributed by atoms with Crippen LogP contribution in [0.5, 0.6) is 0 Å². The summed E-state index contributed by atoms with van der Waals surface area (Å²) in [5, 5.41) is 13.0. The fraction of sp³-hybridized carbons (Fsp3) is 0.667. The Hall–Kier alpha value is -0.840. The molecule has 0 saturated carbocycles. The standard InChI is InChI=1S/C12H22N2O2/c1-3-5-13-7-12(15)9-14(2)8-11-4-6-16-10-11/h4,6,10,12-13,15H,3,5,7-9H2,1-2H3. The molecule has 16 heavy (non-hydrogen) atoms. The minimum atomic E-state index is -0.316. The van der Waals surface area contributed by atoms with Gasteiger partial charge in [-0.25, -0.2) is 0 Å². The monoisotopic (exact) mass is 226 g/mol. The maximum atomic E-state index is 9.75. The first-order valence-electron chi connectivity index (χ1n) is 5.80. The van der Waals surface area contributed by atoms with E-state index in [4.69, 9.17) is 4.42 Å². The number of aliphatic hydroxyl groups excluding tert-OH is 1. The topological polar surface area (TPSA) is 48.6 Å². The summed E-state index contributed by atoms with van der Waals surface area (Å²) >= 11 is 0. The van der Waals surface area contributed by atoms with E-state index in [0.29, 0.717) is 13.1 Å². The Labute approximate surface area is 97.2 Å². The summed E-state index contributed by atoms with van der Waals surface area (Å²) < 4.78 is 5.00.